The maximum Gasteiger partial charge on any atom is 0.321 e. The number of carboxylic acids is 1. The summed E-state index contributed by atoms with van der Waals surface area (Å²) in [5.74, 6) is -0.884. The Morgan fingerprint density at radius 2 is 2.35 bits per heavy atom. The Morgan fingerprint density at radius 3 is 2.94 bits per heavy atom. The number of nitrogens with one attached hydrogen (secondary N) is 1. The second kappa shape index (κ2) is 6.65. The molecule has 17 heavy (non-hydrogen) atoms. The molecule has 0 spiro atoms. The van der Waals surface area contributed by atoms with Gasteiger partial charge in [0.1, 0.15) is 6.04 Å². The van der Waals surface area contributed by atoms with Crippen molar-refractivity contribution >= 4 is 5.97 Å². The number of hydrogen-bond donors (Lipinski definition) is 2. The Balaban J connectivity index is 2.61. The smallest absolute Gasteiger partial charge is 0.321 e. The number of imidazole rings is 1. The summed E-state index contributed by atoms with van der Waals surface area (Å²) in [6, 6.07) is -0.639. The van der Waals surface area contributed by atoms with Gasteiger partial charge in [-0.1, -0.05) is 12.2 Å². The average Bonchev–Trinajstić information content (AvgIpc) is 2.72. The van der Waals surface area contributed by atoms with Crippen molar-refractivity contribution < 1.29 is 9.90 Å². The first kappa shape index (κ1) is 13.2. The van der Waals surface area contributed by atoms with Crippen LogP contribution in [-0.2, 0) is 17.8 Å². The van der Waals surface area contributed by atoms with Crippen LogP contribution >= 0.6 is 0 Å². The van der Waals surface area contributed by atoms with E-state index in [0.29, 0.717) is 19.5 Å². The van der Waals surface area contributed by atoms with E-state index in [1.54, 1.807) is 18.5 Å². The Hall–Kier alpha value is -1.88. The second-order valence-electron chi connectivity index (χ2n) is 3.64. The number of nitrogens with zero attached hydrogens (tertiary/aromatic N) is 2. The minimum Gasteiger partial charge on any atom is -0.480 e. The highest BCUT2D eigenvalue weighted by atomic mass is 16.4. The topological polar surface area (TPSA) is 67.2 Å². The van der Waals surface area contributed by atoms with Crippen molar-refractivity contribution in [2.45, 2.75) is 19.0 Å². The molecular formula is C12H17N3O2. The lowest BCUT2D eigenvalue weighted by molar-refractivity contribution is -0.139. The molecule has 0 radical (unpaired) electrons. The summed E-state index contributed by atoms with van der Waals surface area (Å²) in [6.45, 7) is 8.30. The van der Waals surface area contributed by atoms with Gasteiger partial charge < -0.3 is 15.0 Å². The number of rotatable bonds is 8. The summed E-state index contributed by atoms with van der Waals surface area (Å²) < 4.78 is 1.86. The predicted octanol–water partition coefficient (Wildman–Crippen LogP) is 0.840. The fraction of sp³-hybridized carbons (Fsp3) is 0.333. The van der Waals surface area contributed by atoms with Gasteiger partial charge in [0.05, 0.1) is 12.0 Å². The lowest BCUT2D eigenvalue weighted by atomic mass is 10.1. The van der Waals surface area contributed by atoms with Crippen LogP contribution in [-0.4, -0.2) is 33.2 Å². The lowest BCUT2D eigenvalue weighted by Gasteiger charge is -2.11. The zero-order chi connectivity index (χ0) is 12.7. The Kier molecular flexibility index (Phi) is 5.16. The molecule has 1 heterocycles. The van der Waals surface area contributed by atoms with Crippen molar-refractivity contribution in [3.63, 3.8) is 0 Å². The molecule has 2 N–H and O–H groups in total. The van der Waals surface area contributed by atoms with Crippen LogP contribution < -0.4 is 5.32 Å². The van der Waals surface area contributed by atoms with E-state index in [9.17, 15) is 4.79 Å². The quantitative estimate of drug-likeness (QED) is 0.655. The Morgan fingerprint density at radius 1 is 1.59 bits per heavy atom. The number of carbonyl (C=O) groups is 1. The first-order valence-corrected chi connectivity index (χ1v) is 5.36. The lowest BCUT2D eigenvalue weighted by Crippen LogP contribution is -2.38. The van der Waals surface area contributed by atoms with E-state index in [2.05, 4.69) is 23.5 Å². The first-order chi connectivity index (χ1) is 8.17. The summed E-state index contributed by atoms with van der Waals surface area (Å²) in [4.78, 5) is 15.1. The summed E-state index contributed by atoms with van der Waals surface area (Å²) in [6.07, 6.45) is 7.24. The fourth-order valence-electron chi connectivity index (χ4n) is 1.44. The molecule has 92 valence electrons. The van der Waals surface area contributed by atoms with Crippen LogP contribution in [0.1, 0.15) is 5.69 Å². The van der Waals surface area contributed by atoms with Crippen molar-refractivity contribution in [2.75, 3.05) is 6.54 Å². The normalized spacial score (nSPS) is 12.0. The Labute approximate surface area is 100 Å². The van der Waals surface area contributed by atoms with Crippen molar-refractivity contribution in [2.24, 2.45) is 0 Å². The molecule has 0 amide bonds. The van der Waals surface area contributed by atoms with Gasteiger partial charge in [-0.05, 0) is 0 Å². The maximum atomic E-state index is 11.0. The van der Waals surface area contributed by atoms with Crippen LogP contribution in [0, 0.1) is 0 Å². The van der Waals surface area contributed by atoms with E-state index < -0.39 is 12.0 Å². The molecule has 1 aromatic heterocycles. The van der Waals surface area contributed by atoms with Crippen molar-refractivity contribution in [3.05, 3.63) is 43.5 Å². The highest BCUT2D eigenvalue weighted by molar-refractivity contribution is 5.73. The van der Waals surface area contributed by atoms with Gasteiger partial charge in [-0.2, -0.15) is 0 Å². The van der Waals surface area contributed by atoms with E-state index in [-0.39, 0.29) is 0 Å². The Bertz CT molecular complexity index is 398. The summed E-state index contributed by atoms with van der Waals surface area (Å²) in [7, 11) is 0. The van der Waals surface area contributed by atoms with Crippen molar-refractivity contribution in [3.8, 4) is 0 Å². The van der Waals surface area contributed by atoms with E-state index in [1.165, 1.54) is 0 Å². The average molecular weight is 235 g/mol. The molecule has 5 heteroatoms. The molecular weight excluding hydrogens is 218 g/mol. The molecule has 0 saturated heterocycles. The van der Waals surface area contributed by atoms with Crippen LogP contribution in [0.25, 0.3) is 0 Å². The van der Waals surface area contributed by atoms with Gasteiger partial charge in [-0.15, -0.1) is 13.2 Å². The number of hydrogen-bond acceptors (Lipinski definition) is 3. The van der Waals surface area contributed by atoms with Gasteiger partial charge in [0.15, 0.2) is 0 Å². The number of carboxylic acid groups (broad SMARTS) is 1. The highest BCUT2D eigenvalue weighted by Crippen LogP contribution is 2.02. The standard InChI is InChI=1S/C12H17N3O2/c1-3-5-13-11(12(16)17)7-10-8-15(6-4-2)9-14-10/h3-4,8-9,11,13H,1-2,5-7H2,(H,16,17)/t11-/m0/s1. The monoisotopic (exact) mass is 235 g/mol. The van der Waals surface area contributed by atoms with Crippen molar-refractivity contribution in [1.29, 1.82) is 0 Å². The molecule has 0 saturated carbocycles. The largest absolute Gasteiger partial charge is 0.480 e. The minimum atomic E-state index is -0.884. The van der Waals surface area contributed by atoms with E-state index in [4.69, 9.17) is 5.11 Å². The van der Waals surface area contributed by atoms with Gasteiger partial charge >= 0.3 is 5.97 Å². The van der Waals surface area contributed by atoms with Crippen LogP contribution in [0.5, 0.6) is 0 Å². The van der Waals surface area contributed by atoms with Gasteiger partial charge in [-0.25, -0.2) is 4.98 Å². The number of aliphatic carboxylic acids is 1. The number of aromatic nitrogens is 2. The predicted molar refractivity (Wildman–Crippen MR) is 65.8 cm³/mol. The molecule has 5 nitrogen and oxygen atoms in total. The zero-order valence-corrected chi connectivity index (χ0v) is 9.67. The molecule has 1 aromatic rings. The summed E-state index contributed by atoms with van der Waals surface area (Å²) >= 11 is 0. The van der Waals surface area contributed by atoms with Gasteiger partial charge in [-0.3, -0.25) is 4.79 Å². The zero-order valence-electron chi connectivity index (χ0n) is 9.67. The van der Waals surface area contributed by atoms with Gasteiger partial charge in [0.25, 0.3) is 0 Å². The highest BCUT2D eigenvalue weighted by Gasteiger charge is 2.17. The first-order valence-electron chi connectivity index (χ1n) is 5.36. The van der Waals surface area contributed by atoms with E-state index in [0.717, 1.165) is 5.69 Å². The third-order valence-corrected chi connectivity index (χ3v) is 2.25. The van der Waals surface area contributed by atoms with Crippen LogP contribution in [0.15, 0.2) is 37.8 Å². The fourth-order valence-corrected chi connectivity index (χ4v) is 1.44. The third-order valence-electron chi connectivity index (χ3n) is 2.25. The minimum absolute atomic E-state index is 0.354. The molecule has 0 unspecified atom stereocenters. The molecule has 0 aliphatic rings. The van der Waals surface area contributed by atoms with Gasteiger partial charge in [0.2, 0.25) is 0 Å². The maximum absolute atomic E-state index is 11.0. The molecule has 0 fully saturated rings. The molecule has 0 aromatic carbocycles. The molecule has 1 rings (SSSR count). The van der Waals surface area contributed by atoms with Crippen LogP contribution in [0.3, 0.4) is 0 Å². The van der Waals surface area contributed by atoms with E-state index in [1.807, 2.05) is 10.8 Å². The number of allylic oxidation sites excluding steroid dienone is 1. The molecule has 0 bridgehead atoms. The second-order valence-corrected chi connectivity index (χ2v) is 3.64. The van der Waals surface area contributed by atoms with E-state index >= 15 is 0 Å². The van der Waals surface area contributed by atoms with Crippen LogP contribution in [0.4, 0.5) is 0 Å². The van der Waals surface area contributed by atoms with Gasteiger partial charge in [0, 0.05) is 25.7 Å². The van der Waals surface area contributed by atoms with Crippen LogP contribution in [0.2, 0.25) is 0 Å². The SMILES string of the molecule is C=CCN[C@@H](Cc1cn(CC=C)cn1)C(=O)O. The van der Waals surface area contributed by atoms with Crippen molar-refractivity contribution in [1.82, 2.24) is 14.9 Å². The molecule has 1 atom stereocenters. The summed E-state index contributed by atoms with van der Waals surface area (Å²) in [5, 5.41) is 11.9. The summed E-state index contributed by atoms with van der Waals surface area (Å²) in [5.41, 5.74) is 0.746. The molecule has 0 aliphatic carbocycles. The molecule has 0 aliphatic heterocycles. The third kappa shape index (κ3) is 4.24.